The first-order chi connectivity index (χ1) is 9.10. The van der Waals surface area contributed by atoms with Gasteiger partial charge in [0.2, 0.25) is 0 Å². The van der Waals surface area contributed by atoms with Crippen molar-refractivity contribution < 1.29 is 9.18 Å². The molecule has 2 rings (SSSR count). The molecule has 0 saturated heterocycles. The van der Waals surface area contributed by atoms with Gasteiger partial charge >= 0.3 is 0 Å². The van der Waals surface area contributed by atoms with Crippen molar-refractivity contribution in [2.45, 2.75) is 4.90 Å². The maximum Gasteiger partial charge on any atom is 0.257 e. The third-order valence-corrected chi connectivity index (χ3v) is 3.58. The highest BCUT2D eigenvalue weighted by molar-refractivity contribution is 7.98. The Labute approximate surface area is 120 Å². The molecule has 0 saturated carbocycles. The topological polar surface area (TPSA) is 29.1 Å². The minimum absolute atomic E-state index is 0.0956. The quantitative estimate of drug-likeness (QED) is 0.847. The Balaban J connectivity index is 2.15. The van der Waals surface area contributed by atoms with Crippen LogP contribution in [0.3, 0.4) is 0 Å². The molecule has 0 aliphatic carbocycles. The van der Waals surface area contributed by atoms with Gasteiger partial charge in [-0.05, 0) is 48.7 Å². The molecule has 0 bridgehead atoms. The molecule has 2 aromatic rings. The number of thioether (sulfide) groups is 1. The largest absolute Gasteiger partial charge is 0.322 e. The molecule has 0 unspecified atom stereocenters. The number of nitrogens with one attached hydrogen (secondary N) is 1. The van der Waals surface area contributed by atoms with Gasteiger partial charge in [0.1, 0.15) is 5.82 Å². The Morgan fingerprint density at radius 1 is 1.21 bits per heavy atom. The number of hydrogen-bond acceptors (Lipinski definition) is 2. The van der Waals surface area contributed by atoms with Gasteiger partial charge in [0, 0.05) is 10.6 Å². The van der Waals surface area contributed by atoms with Gasteiger partial charge in [-0.1, -0.05) is 11.6 Å². The first-order valence-corrected chi connectivity index (χ1v) is 7.11. The highest BCUT2D eigenvalue weighted by Gasteiger charge is 2.11. The summed E-state index contributed by atoms with van der Waals surface area (Å²) >= 11 is 7.46. The molecule has 2 nitrogen and oxygen atoms in total. The van der Waals surface area contributed by atoms with Crippen LogP contribution in [0.5, 0.6) is 0 Å². The van der Waals surface area contributed by atoms with Crippen molar-refractivity contribution in [3.63, 3.8) is 0 Å². The molecular weight excluding hydrogens is 285 g/mol. The van der Waals surface area contributed by atoms with Crippen LogP contribution in [0.25, 0.3) is 0 Å². The number of halogens is 2. The summed E-state index contributed by atoms with van der Waals surface area (Å²) in [6.45, 7) is 0. The van der Waals surface area contributed by atoms with Crippen LogP contribution in [0.2, 0.25) is 5.02 Å². The summed E-state index contributed by atoms with van der Waals surface area (Å²) in [6.07, 6.45) is 1.98. The Morgan fingerprint density at radius 3 is 2.47 bits per heavy atom. The van der Waals surface area contributed by atoms with Crippen molar-refractivity contribution in [3.8, 4) is 0 Å². The molecule has 1 amide bonds. The summed E-state index contributed by atoms with van der Waals surface area (Å²) < 4.78 is 12.9. The monoisotopic (exact) mass is 295 g/mol. The number of amides is 1. The van der Waals surface area contributed by atoms with Gasteiger partial charge < -0.3 is 5.32 Å². The second-order valence-electron chi connectivity index (χ2n) is 3.81. The van der Waals surface area contributed by atoms with Crippen molar-refractivity contribution in [1.29, 1.82) is 0 Å². The number of carbonyl (C=O) groups is 1. The molecular formula is C14H11ClFNOS. The highest BCUT2D eigenvalue weighted by Crippen LogP contribution is 2.21. The van der Waals surface area contributed by atoms with Crippen LogP contribution in [-0.4, -0.2) is 12.2 Å². The lowest BCUT2D eigenvalue weighted by molar-refractivity contribution is 0.102. The third-order valence-electron chi connectivity index (χ3n) is 2.52. The van der Waals surface area contributed by atoms with Gasteiger partial charge in [-0.2, -0.15) is 0 Å². The van der Waals surface area contributed by atoms with Crippen molar-refractivity contribution in [2.24, 2.45) is 0 Å². The predicted molar refractivity (Wildman–Crippen MR) is 77.6 cm³/mol. The Bertz CT molecular complexity index is 601. The van der Waals surface area contributed by atoms with E-state index in [1.807, 2.05) is 18.4 Å². The summed E-state index contributed by atoms with van der Waals surface area (Å²) in [5, 5.41) is 2.81. The van der Waals surface area contributed by atoms with Crippen LogP contribution in [0.4, 0.5) is 10.1 Å². The maximum absolute atomic E-state index is 12.9. The summed E-state index contributed by atoms with van der Waals surface area (Å²) in [5.41, 5.74) is 0.917. The molecule has 0 radical (unpaired) electrons. The fourth-order valence-corrected chi connectivity index (χ4v) is 2.21. The Hall–Kier alpha value is -1.52. The molecule has 2 aromatic carbocycles. The third kappa shape index (κ3) is 3.49. The molecule has 19 heavy (non-hydrogen) atoms. The van der Waals surface area contributed by atoms with Gasteiger partial charge in [0.25, 0.3) is 5.91 Å². The molecule has 0 heterocycles. The average molecular weight is 296 g/mol. The van der Waals surface area contributed by atoms with Crippen LogP contribution in [0, 0.1) is 5.82 Å². The van der Waals surface area contributed by atoms with Crippen molar-refractivity contribution in [3.05, 3.63) is 58.9 Å². The van der Waals surface area contributed by atoms with E-state index in [-0.39, 0.29) is 16.5 Å². The van der Waals surface area contributed by atoms with Gasteiger partial charge in [-0.25, -0.2) is 4.39 Å². The summed E-state index contributed by atoms with van der Waals surface area (Å²) in [4.78, 5) is 13.1. The van der Waals surface area contributed by atoms with Gasteiger partial charge in [0.05, 0.1) is 10.6 Å². The molecule has 0 spiro atoms. The normalized spacial score (nSPS) is 10.3. The smallest absolute Gasteiger partial charge is 0.257 e. The second kappa shape index (κ2) is 6.08. The van der Waals surface area contributed by atoms with E-state index < -0.39 is 5.82 Å². The van der Waals surface area contributed by atoms with Crippen molar-refractivity contribution >= 4 is 35.0 Å². The first kappa shape index (κ1) is 13.9. The number of benzene rings is 2. The minimum Gasteiger partial charge on any atom is -0.322 e. The fraction of sp³-hybridized carbons (Fsp3) is 0.0714. The SMILES string of the molecule is CSc1ccc(NC(=O)c2ccc(F)cc2Cl)cc1. The number of hydrogen-bond donors (Lipinski definition) is 1. The first-order valence-electron chi connectivity index (χ1n) is 5.50. The standard InChI is InChI=1S/C14H11ClFNOS/c1-19-11-5-3-10(4-6-11)17-14(18)12-7-2-9(16)8-13(12)15/h2-8H,1H3,(H,17,18). The van der Waals surface area contributed by atoms with E-state index in [9.17, 15) is 9.18 Å². The Kier molecular flexibility index (Phi) is 4.45. The highest BCUT2D eigenvalue weighted by atomic mass is 35.5. The lowest BCUT2D eigenvalue weighted by Crippen LogP contribution is -2.12. The lowest BCUT2D eigenvalue weighted by Gasteiger charge is -2.07. The maximum atomic E-state index is 12.9. The molecule has 98 valence electrons. The fourth-order valence-electron chi connectivity index (χ4n) is 1.55. The van der Waals surface area contributed by atoms with E-state index in [0.717, 1.165) is 11.0 Å². The van der Waals surface area contributed by atoms with Gasteiger partial charge in [0.15, 0.2) is 0 Å². The van der Waals surface area contributed by atoms with Crippen LogP contribution in [-0.2, 0) is 0 Å². The van der Waals surface area contributed by atoms with E-state index in [2.05, 4.69) is 5.32 Å². The van der Waals surface area contributed by atoms with Crippen LogP contribution in [0.1, 0.15) is 10.4 Å². The molecule has 0 aliphatic rings. The predicted octanol–water partition coefficient (Wildman–Crippen LogP) is 4.45. The minimum atomic E-state index is -0.467. The van der Waals surface area contributed by atoms with E-state index in [4.69, 9.17) is 11.6 Å². The zero-order chi connectivity index (χ0) is 13.8. The van der Waals surface area contributed by atoms with E-state index in [1.165, 1.54) is 12.1 Å². The number of rotatable bonds is 3. The van der Waals surface area contributed by atoms with Crippen LogP contribution < -0.4 is 5.32 Å². The molecule has 0 atom stereocenters. The molecule has 5 heteroatoms. The Morgan fingerprint density at radius 2 is 1.89 bits per heavy atom. The lowest BCUT2D eigenvalue weighted by atomic mass is 10.2. The summed E-state index contributed by atoms with van der Waals surface area (Å²) in [7, 11) is 0. The zero-order valence-electron chi connectivity index (χ0n) is 10.1. The molecule has 0 aliphatic heterocycles. The van der Waals surface area contributed by atoms with Crippen LogP contribution in [0.15, 0.2) is 47.4 Å². The number of anilines is 1. The molecule has 1 N–H and O–H groups in total. The van der Waals surface area contributed by atoms with E-state index in [1.54, 1.807) is 23.9 Å². The average Bonchev–Trinajstić information content (AvgIpc) is 2.39. The summed E-state index contributed by atoms with van der Waals surface area (Å²) in [5.74, 6) is -0.826. The van der Waals surface area contributed by atoms with Crippen molar-refractivity contribution in [2.75, 3.05) is 11.6 Å². The van der Waals surface area contributed by atoms with E-state index >= 15 is 0 Å². The zero-order valence-corrected chi connectivity index (χ0v) is 11.7. The summed E-state index contributed by atoms with van der Waals surface area (Å²) in [6, 6.07) is 11.1. The van der Waals surface area contributed by atoms with Gasteiger partial charge in [-0.3, -0.25) is 4.79 Å². The molecule has 0 aromatic heterocycles. The number of carbonyl (C=O) groups excluding carboxylic acids is 1. The van der Waals surface area contributed by atoms with Crippen LogP contribution >= 0.6 is 23.4 Å². The van der Waals surface area contributed by atoms with Gasteiger partial charge in [-0.15, -0.1) is 11.8 Å². The van der Waals surface area contributed by atoms with Crippen molar-refractivity contribution in [1.82, 2.24) is 0 Å². The molecule has 0 fully saturated rings. The second-order valence-corrected chi connectivity index (χ2v) is 5.09. The van der Waals surface area contributed by atoms with E-state index in [0.29, 0.717) is 5.69 Å².